The maximum absolute atomic E-state index is 14.1. The predicted molar refractivity (Wildman–Crippen MR) is 130 cm³/mol. The van der Waals surface area contributed by atoms with Gasteiger partial charge in [-0.3, -0.25) is 19.0 Å². The highest BCUT2D eigenvalue weighted by atomic mass is 28.2. The van der Waals surface area contributed by atoms with Crippen LogP contribution in [0.5, 0.6) is 0 Å². The van der Waals surface area contributed by atoms with Gasteiger partial charge in [-0.15, -0.1) is 0 Å². The van der Waals surface area contributed by atoms with Crippen molar-refractivity contribution in [3.8, 4) is 0 Å². The highest BCUT2D eigenvalue weighted by molar-refractivity contribution is 6.56. The quantitative estimate of drug-likeness (QED) is 0.574. The molecule has 10 heteroatoms. The third-order valence-electron chi connectivity index (χ3n) is 6.53. The Bertz CT molecular complexity index is 1350. The van der Waals surface area contributed by atoms with E-state index in [9.17, 15) is 19.2 Å². The standard InChI is InChI=1S/C25H30N2O7Si/c1-23(2,3)32-18-16-17(29)13-9-7-8-10-14(13)19(30)27-15(28)11-12-26(22(27)31)20(16)33-25(18)21(35-25)34-24(4,5)6/h7-12,16,18,20-21H,35H2,1-6H3/t16-,18+,20-,21?,25-/m1/s1. The summed E-state index contributed by atoms with van der Waals surface area (Å²) in [5.41, 5.74) is -2.72. The fraction of sp³-hybridized carbons (Fsp3) is 0.520. The third kappa shape index (κ3) is 3.88. The van der Waals surface area contributed by atoms with Crippen molar-refractivity contribution in [2.75, 3.05) is 0 Å². The topological polar surface area (TPSA) is 106 Å². The second kappa shape index (κ2) is 7.67. The molecular formula is C25H30N2O7Si. The monoisotopic (exact) mass is 498 g/mol. The summed E-state index contributed by atoms with van der Waals surface area (Å²) in [7, 11) is -1.02. The molecule has 0 saturated carbocycles. The molecular weight excluding hydrogens is 468 g/mol. The number of ketones is 1. The number of benzene rings is 1. The van der Waals surface area contributed by atoms with E-state index in [1.807, 2.05) is 41.5 Å². The van der Waals surface area contributed by atoms with Crippen LogP contribution >= 0.6 is 0 Å². The maximum Gasteiger partial charge on any atom is 0.340 e. The van der Waals surface area contributed by atoms with E-state index in [0.717, 1.165) is 6.07 Å². The molecule has 2 fully saturated rings. The van der Waals surface area contributed by atoms with Crippen LogP contribution < -0.4 is 11.2 Å². The second-order valence-electron chi connectivity index (χ2n) is 11.5. The Labute approximate surface area is 204 Å². The van der Waals surface area contributed by atoms with Crippen molar-refractivity contribution < 1.29 is 23.8 Å². The summed E-state index contributed by atoms with van der Waals surface area (Å²) < 4.78 is 21.1. The maximum atomic E-state index is 14.1. The zero-order chi connectivity index (χ0) is 25.5. The Morgan fingerprint density at radius 3 is 2.17 bits per heavy atom. The molecule has 0 aliphatic carbocycles. The van der Waals surface area contributed by atoms with Gasteiger partial charge in [0.25, 0.3) is 11.5 Å². The first-order valence-corrected chi connectivity index (χ1v) is 13.3. The minimum absolute atomic E-state index is 0.00101. The molecule has 5 rings (SSSR count). The Morgan fingerprint density at radius 1 is 0.914 bits per heavy atom. The summed E-state index contributed by atoms with van der Waals surface area (Å²) in [5.74, 6) is -2.11. The Balaban J connectivity index is 1.75. The Morgan fingerprint density at radius 2 is 1.54 bits per heavy atom. The van der Waals surface area contributed by atoms with Gasteiger partial charge in [0, 0.05) is 17.8 Å². The van der Waals surface area contributed by atoms with Crippen LogP contribution in [0.15, 0.2) is 46.1 Å². The third-order valence-corrected chi connectivity index (χ3v) is 8.82. The van der Waals surface area contributed by atoms with Gasteiger partial charge < -0.3 is 14.2 Å². The van der Waals surface area contributed by atoms with Gasteiger partial charge in [0.2, 0.25) is 0 Å². The number of hydrogen-bond donors (Lipinski definition) is 0. The lowest BCUT2D eigenvalue weighted by molar-refractivity contribution is -0.136. The summed E-state index contributed by atoms with van der Waals surface area (Å²) in [6.45, 7) is 11.6. The van der Waals surface area contributed by atoms with Crippen molar-refractivity contribution in [2.24, 2.45) is 5.92 Å². The molecule has 0 amide bonds. The van der Waals surface area contributed by atoms with Gasteiger partial charge in [-0.25, -0.2) is 4.79 Å². The molecule has 3 aliphatic heterocycles. The van der Waals surface area contributed by atoms with E-state index in [1.165, 1.54) is 16.8 Å². The van der Waals surface area contributed by atoms with Crippen LogP contribution in [-0.2, 0) is 14.2 Å². The van der Waals surface area contributed by atoms with Crippen molar-refractivity contribution >= 4 is 21.2 Å². The number of carbonyl (C=O) groups is 2. The first kappa shape index (κ1) is 24.0. The van der Waals surface area contributed by atoms with E-state index in [-0.39, 0.29) is 22.6 Å². The molecule has 35 heavy (non-hydrogen) atoms. The van der Waals surface area contributed by atoms with Crippen LogP contribution in [-0.4, -0.2) is 58.6 Å². The Kier molecular flexibility index (Phi) is 5.27. The first-order valence-electron chi connectivity index (χ1n) is 11.8. The minimum atomic E-state index is -1.05. The number of rotatable bonds is 2. The molecule has 9 nitrogen and oxygen atoms in total. The molecule has 186 valence electrons. The second-order valence-corrected chi connectivity index (χ2v) is 13.7. The van der Waals surface area contributed by atoms with Crippen LogP contribution in [0.3, 0.4) is 0 Å². The van der Waals surface area contributed by atoms with Gasteiger partial charge in [-0.2, -0.15) is 4.57 Å². The van der Waals surface area contributed by atoms with Crippen molar-refractivity contribution in [1.29, 1.82) is 0 Å². The van der Waals surface area contributed by atoms with E-state index in [2.05, 4.69) is 0 Å². The zero-order valence-electron chi connectivity index (χ0n) is 20.7. The fourth-order valence-corrected chi connectivity index (χ4v) is 7.44. The van der Waals surface area contributed by atoms with Crippen molar-refractivity contribution in [2.45, 2.75) is 76.0 Å². The van der Waals surface area contributed by atoms with Crippen LogP contribution in [0.25, 0.3) is 0 Å². The molecule has 2 aromatic rings. The van der Waals surface area contributed by atoms with Crippen molar-refractivity contribution in [1.82, 2.24) is 9.13 Å². The van der Waals surface area contributed by atoms with Gasteiger partial charge in [0.05, 0.1) is 28.4 Å². The lowest BCUT2D eigenvalue weighted by Gasteiger charge is -2.32. The van der Waals surface area contributed by atoms with Crippen LogP contribution in [0.2, 0.25) is 0 Å². The fourth-order valence-electron chi connectivity index (χ4n) is 5.15. The van der Waals surface area contributed by atoms with Crippen molar-refractivity contribution in [3.63, 3.8) is 0 Å². The molecule has 2 bridgehead atoms. The molecule has 3 aliphatic rings. The van der Waals surface area contributed by atoms with Gasteiger partial charge in [-0.1, -0.05) is 18.2 Å². The first-order chi connectivity index (χ1) is 16.2. The molecule has 2 saturated heterocycles. The lowest BCUT2D eigenvalue weighted by Crippen LogP contribution is -2.45. The largest absolute Gasteiger partial charge is 0.374 e. The molecule has 4 heterocycles. The van der Waals surface area contributed by atoms with E-state index < -0.39 is 61.4 Å². The number of fused-ring (bicyclic) bond motifs is 5. The zero-order valence-corrected chi connectivity index (χ0v) is 22.1. The number of carbonyl (C=O) groups excluding carboxylic acids is 2. The minimum Gasteiger partial charge on any atom is -0.374 e. The smallest absolute Gasteiger partial charge is 0.340 e. The average molecular weight is 499 g/mol. The van der Waals surface area contributed by atoms with Crippen molar-refractivity contribution in [3.05, 3.63) is 68.5 Å². The van der Waals surface area contributed by atoms with E-state index in [1.54, 1.807) is 18.2 Å². The molecule has 1 unspecified atom stereocenters. The molecule has 5 atom stereocenters. The number of ether oxygens (including phenoxy) is 3. The average Bonchev–Trinajstić information content (AvgIpc) is 3.31. The number of nitrogens with zero attached hydrogens (tertiary/aromatic N) is 2. The van der Waals surface area contributed by atoms with Gasteiger partial charge >= 0.3 is 5.69 Å². The summed E-state index contributed by atoms with van der Waals surface area (Å²) in [6, 6.07) is 7.41. The summed E-state index contributed by atoms with van der Waals surface area (Å²) in [5, 5.41) is -0.815. The Hall–Kier alpha value is -2.66. The predicted octanol–water partition coefficient (Wildman–Crippen LogP) is 1.24. The van der Waals surface area contributed by atoms with E-state index >= 15 is 0 Å². The van der Waals surface area contributed by atoms with Gasteiger partial charge in [0.1, 0.15) is 20.8 Å². The SMILES string of the molecule is CC(C)(C)OC1[SiH2][C@@]12O[C@@H]1[C@H](C(=O)c3ccccc3C(=O)n3c(=O)ccn1c3=O)[C@@H]2OC(C)(C)C. The van der Waals surface area contributed by atoms with Gasteiger partial charge in [0.15, 0.2) is 12.0 Å². The highest BCUT2D eigenvalue weighted by Crippen LogP contribution is 2.55. The van der Waals surface area contributed by atoms with E-state index in [4.69, 9.17) is 14.2 Å². The van der Waals surface area contributed by atoms with Crippen LogP contribution in [0, 0.1) is 5.92 Å². The van der Waals surface area contributed by atoms with E-state index in [0.29, 0.717) is 4.57 Å². The molecule has 0 N–H and O–H groups in total. The number of hydrogen-bond acceptors (Lipinski definition) is 7. The van der Waals surface area contributed by atoms with Crippen LogP contribution in [0.4, 0.5) is 0 Å². The number of aromatic nitrogens is 2. The van der Waals surface area contributed by atoms with Gasteiger partial charge in [-0.05, 0) is 47.6 Å². The normalized spacial score (nSPS) is 30.6. The summed E-state index contributed by atoms with van der Waals surface area (Å²) in [4.78, 5) is 53.5. The highest BCUT2D eigenvalue weighted by Gasteiger charge is 2.73. The summed E-state index contributed by atoms with van der Waals surface area (Å²) >= 11 is 0. The molecule has 0 radical (unpaired) electrons. The number of Topliss-reactive ketones (excluding diaryl/α,β-unsaturated/α-hetero) is 1. The molecule has 1 aromatic carbocycles. The molecule has 1 spiro atoms. The van der Waals surface area contributed by atoms with Crippen LogP contribution in [0.1, 0.15) is 68.5 Å². The summed E-state index contributed by atoms with van der Waals surface area (Å²) in [6.07, 6.45) is -0.437. The molecule has 1 aromatic heterocycles. The lowest BCUT2D eigenvalue weighted by atomic mass is 9.87.